The van der Waals surface area contributed by atoms with Gasteiger partial charge in [-0.3, -0.25) is 4.79 Å². The number of aliphatic carboxylic acids is 1. The van der Waals surface area contributed by atoms with Gasteiger partial charge in [-0.05, 0) is 20.8 Å². The molecule has 0 bridgehead atoms. The van der Waals surface area contributed by atoms with E-state index in [4.69, 9.17) is 9.84 Å². The van der Waals surface area contributed by atoms with Crippen LogP contribution in [0, 0.1) is 0 Å². The van der Waals surface area contributed by atoms with E-state index in [-0.39, 0.29) is 18.4 Å². The van der Waals surface area contributed by atoms with Gasteiger partial charge < -0.3 is 19.7 Å². The van der Waals surface area contributed by atoms with Gasteiger partial charge in [0.25, 0.3) is 0 Å². The second kappa shape index (κ2) is 7.41. The van der Waals surface area contributed by atoms with Crippen molar-refractivity contribution in [1.82, 2.24) is 20.1 Å². The molecule has 1 unspecified atom stereocenters. The number of thioether (sulfide) groups is 1. The highest BCUT2D eigenvalue weighted by atomic mass is 32.2. The quantitative estimate of drug-likeness (QED) is 0.675. The van der Waals surface area contributed by atoms with Crippen molar-refractivity contribution in [3.63, 3.8) is 0 Å². The minimum atomic E-state index is -1.45. The van der Waals surface area contributed by atoms with Crippen LogP contribution in [0.2, 0.25) is 0 Å². The van der Waals surface area contributed by atoms with E-state index in [0.717, 1.165) is 0 Å². The smallest absolute Gasteiger partial charge is 0.331 e. The molecule has 0 aliphatic rings. The van der Waals surface area contributed by atoms with E-state index in [0.29, 0.717) is 5.16 Å². The van der Waals surface area contributed by atoms with Gasteiger partial charge in [0, 0.05) is 13.2 Å². The van der Waals surface area contributed by atoms with Crippen LogP contribution in [0.3, 0.4) is 0 Å². The van der Waals surface area contributed by atoms with E-state index in [9.17, 15) is 9.59 Å². The highest BCUT2D eigenvalue weighted by Crippen LogP contribution is 2.18. The standard InChI is InChI=1S/C12H20N4O4S/c1-8(2)16-7-13-15-11(16)21-5-9(17)14-12(3,6-20-4)10(18)19/h7-8H,5-6H2,1-4H3,(H,14,17)(H,18,19). The van der Waals surface area contributed by atoms with Crippen LogP contribution in [0.1, 0.15) is 26.8 Å². The summed E-state index contributed by atoms with van der Waals surface area (Å²) in [5, 5.41) is 20.0. The molecule has 1 aromatic heterocycles. The number of rotatable bonds is 8. The summed E-state index contributed by atoms with van der Waals surface area (Å²) < 4.78 is 6.68. The van der Waals surface area contributed by atoms with Gasteiger partial charge >= 0.3 is 5.97 Å². The Labute approximate surface area is 127 Å². The summed E-state index contributed by atoms with van der Waals surface area (Å²) in [4.78, 5) is 23.1. The molecule has 0 aliphatic carbocycles. The maximum Gasteiger partial charge on any atom is 0.331 e. The highest BCUT2D eigenvalue weighted by Gasteiger charge is 2.34. The Morgan fingerprint density at radius 3 is 2.76 bits per heavy atom. The van der Waals surface area contributed by atoms with Gasteiger partial charge in [0.1, 0.15) is 6.33 Å². The van der Waals surface area contributed by atoms with E-state index in [1.54, 1.807) is 6.33 Å². The Balaban J connectivity index is 2.61. The van der Waals surface area contributed by atoms with Gasteiger partial charge in [0.05, 0.1) is 12.4 Å². The van der Waals surface area contributed by atoms with Crippen molar-refractivity contribution in [2.24, 2.45) is 0 Å². The Morgan fingerprint density at radius 1 is 1.57 bits per heavy atom. The summed E-state index contributed by atoms with van der Waals surface area (Å²) in [6.07, 6.45) is 1.59. The van der Waals surface area contributed by atoms with Crippen LogP contribution in [0.5, 0.6) is 0 Å². The average Bonchev–Trinajstić information content (AvgIpc) is 2.84. The second-order valence-electron chi connectivity index (χ2n) is 5.02. The number of ether oxygens (including phenoxy) is 1. The fourth-order valence-electron chi connectivity index (χ4n) is 1.60. The van der Waals surface area contributed by atoms with Gasteiger partial charge in [-0.2, -0.15) is 0 Å². The Hall–Kier alpha value is -1.61. The van der Waals surface area contributed by atoms with Crippen molar-refractivity contribution < 1.29 is 19.4 Å². The molecule has 8 nitrogen and oxygen atoms in total. The third-order valence-electron chi connectivity index (χ3n) is 2.75. The van der Waals surface area contributed by atoms with Crippen molar-refractivity contribution >= 4 is 23.6 Å². The number of aromatic nitrogens is 3. The molecule has 2 N–H and O–H groups in total. The summed E-state index contributed by atoms with van der Waals surface area (Å²) in [6.45, 7) is 5.25. The molecule has 1 aromatic rings. The van der Waals surface area contributed by atoms with Crippen LogP contribution in [-0.2, 0) is 14.3 Å². The van der Waals surface area contributed by atoms with Gasteiger partial charge in [0.2, 0.25) is 5.91 Å². The lowest BCUT2D eigenvalue weighted by Crippen LogP contribution is -2.55. The molecular weight excluding hydrogens is 296 g/mol. The number of carboxylic acid groups (broad SMARTS) is 1. The molecule has 0 saturated heterocycles. The highest BCUT2D eigenvalue weighted by molar-refractivity contribution is 7.99. The number of carbonyl (C=O) groups excluding carboxylic acids is 1. The molecule has 0 aliphatic heterocycles. The predicted octanol–water partition coefficient (Wildman–Crippen LogP) is 0.557. The summed E-state index contributed by atoms with van der Waals surface area (Å²) in [6, 6.07) is 0.184. The number of carbonyl (C=O) groups is 2. The Kier molecular flexibility index (Phi) is 6.16. The zero-order chi connectivity index (χ0) is 16.0. The zero-order valence-corrected chi connectivity index (χ0v) is 13.3. The molecule has 0 radical (unpaired) electrons. The summed E-state index contributed by atoms with van der Waals surface area (Å²) in [5.41, 5.74) is -1.45. The van der Waals surface area contributed by atoms with Crippen LogP contribution in [0.15, 0.2) is 11.5 Å². The first-order chi connectivity index (χ1) is 9.80. The maximum atomic E-state index is 11.9. The number of methoxy groups -OCH3 is 1. The molecule has 0 aromatic carbocycles. The van der Waals surface area contributed by atoms with E-state index >= 15 is 0 Å². The molecule has 0 saturated carbocycles. The van der Waals surface area contributed by atoms with Crippen molar-refractivity contribution in [2.75, 3.05) is 19.5 Å². The van der Waals surface area contributed by atoms with E-state index in [1.807, 2.05) is 18.4 Å². The van der Waals surface area contributed by atoms with Crippen LogP contribution < -0.4 is 5.32 Å². The normalized spacial score (nSPS) is 14.0. The van der Waals surface area contributed by atoms with E-state index < -0.39 is 17.4 Å². The fraction of sp³-hybridized carbons (Fsp3) is 0.667. The number of nitrogens with zero attached hydrogens (tertiary/aromatic N) is 3. The molecule has 1 atom stereocenters. The van der Waals surface area contributed by atoms with Crippen molar-refractivity contribution in [2.45, 2.75) is 37.5 Å². The number of hydrogen-bond acceptors (Lipinski definition) is 6. The van der Waals surface area contributed by atoms with E-state index in [2.05, 4.69) is 15.5 Å². The topological polar surface area (TPSA) is 106 Å². The number of amides is 1. The lowest BCUT2D eigenvalue weighted by atomic mass is 10.0. The van der Waals surface area contributed by atoms with Gasteiger partial charge in [-0.25, -0.2) is 4.79 Å². The Morgan fingerprint density at radius 2 is 2.24 bits per heavy atom. The van der Waals surface area contributed by atoms with Crippen LogP contribution in [0.25, 0.3) is 0 Å². The molecule has 0 spiro atoms. The van der Waals surface area contributed by atoms with E-state index in [1.165, 1.54) is 25.8 Å². The monoisotopic (exact) mass is 316 g/mol. The molecule has 0 fully saturated rings. The predicted molar refractivity (Wildman–Crippen MR) is 77.2 cm³/mol. The lowest BCUT2D eigenvalue weighted by molar-refractivity contribution is -0.148. The number of nitrogens with one attached hydrogen (secondary N) is 1. The summed E-state index contributed by atoms with van der Waals surface area (Å²) in [7, 11) is 1.38. The molecule has 118 valence electrons. The molecular formula is C12H20N4O4S. The van der Waals surface area contributed by atoms with Crippen LogP contribution in [-0.4, -0.2) is 56.8 Å². The first-order valence-electron chi connectivity index (χ1n) is 6.36. The molecule has 9 heteroatoms. The lowest BCUT2D eigenvalue weighted by Gasteiger charge is -2.25. The van der Waals surface area contributed by atoms with Crippen molar-refractivity contribution in [3.8, 4) is 0 Å². The average molecular weight is 316 g/mol. The first kappa shape index (κ1) is 17.4. The van der Waals surface area contributed by atoms with Gasteiger partial charge in [0.15, 0.2) is 10.7 Å². The van der Waals surface area contributed by atoms with Crippen LogP contribution >= 0.6 is 11.8 Å². The molecule has 1 heterocycles. The fourth-order valence-corrected chi connectivity index (χ4v) is 2.45. The number of carboxylic acids is 1. The SMILES string of the molecule is COCC(C)(NC(=O)CSc1nncn1C(C)C)C(=O)O. The minimum absolute atomic E-state index is 0.0536. The van der Waals surface area contributed by atoms with Gasteiger partial charge in [-0.1, -0.05) is 11.8 Å². The first-order valence-corrected chi connectivity index (χ1v) is 7.34. The summed E-state index contributed by atoms with van der Waals surface area (Å²) >= 11 is 1.20. The third-order valence-corrected chi connectivity index (χ3v) is 3.71. The molecule has 1 amide bonds. The second-order valence-corrected chi connectivity index (χ2v) is 5.96. The summed E-state index contributed by atoms with van der Waals surface area (Å²) in [5.74, 6) is -1.49. The van der Waals surface area contributed by atoms with Crippen molar-refractivity contribution in [1.29, 1.82) is 0 Å². The largest absolute Gasteiger partial charge is 0.479 e. The zero-order valence-electron chi connectivity index (χ0n) is 12.5. The Bertz CT molecular complexity index is 505. The van der Waals surface area contributed by atoms with Gasteiger partial charge in [-0.15, -0.1) is 10.2 Å². The molecule has 1 rings (SSSR count). The third kappa shape index (κ3) is 4.71. The maximum absolute atomic E-state index is 11.9. The van der Waals surface area contributed by atoms with Crippen molar-refractivity contribution in [3.05, 3.63) is 6.33 Å². The minimum Gasteiger partial charge on any atom is -0.479 e. The van der Waals surface area contributed by atoms with Crippen LogP contribution in [0.4, 0.5) is 0 Å². The molecule has 21 heavy (non-hydrogen) atoms. The number of hydrogen-bond donors (Lipinski definition) is 2.